The number of anilines is 2. The molecule has 0 saturated heterocycles. The van der Waals surface area contributed by atoms with Crippen LogP contribution in [-0.4, -0.2) is 31.4 Å². The van der Waals surface area contributed by atoms with Crippen LogP contribution in [0.4, 0.5) is 42.1 Å². The summed E-state index contributed by atoms with van der Waals surface area (Å²) in [4.78, 5) is 24.9. The number of halogens is 10. The first-order valence-corrected chi connectivity index (χ1v) is 17.2. The average molecular weight is 858 g/mol. The van der Waals surface area contributed by atoms with Crippen LogP contribution >= 0.6 is 34.8 Å². The molecule has 4 aromatic carbocycles. The van der Waals surface area contributed by atoms with Crippen LogP contribution in [0, 0.1) is 0 Å². The van der Waals surface area contributed by atoms with Gasteiger partial charge in [-0.15, -0.1) is 0 Å². The fraction of sp³-hybridized carbons (Fsp3) is 0.135. The Kier molecular flexibility index (Phi) is 13.4. The lowest BCUT2D eigenvalue weighted by Gasteiger charge is -2.14. The van der Waals surface area contributed by atoms with Gasteiger partial charge < -0.3 is 20.1 Å². The highest BCUT2D eigenvalue weighted by Gasteiger charge is 2.31. The number of hydrogen-bond acceptors (Lipinski definition) is 6. The first kappa shape index (κ1) is 42.4. The van der Waals surface area contributed by atoms with Crippen molar-refractivity contribution in [3.05, 3.63) is 140 Å². The summed E-state index contributed by atoms with van der Waals surface area (Å²) in [6.07, 6.45) is -8.01. The van der Waals surface area contributed by atoms with E-state index in [1.54, 1.807) is 48.5 Å². The molecule has 0 spiro atoms. The molecule has 0 atom stereocenters. The number of carbonyl (C=O) groups excluding carboxylic acids is 2. The fourth-order valence-corrected chi connectivity index (χ4v) is 5.60. The smallest absolute Gasteiger partial charge is 0.416 e. The first-order valence-electron chi connectivity index (χ1n) is 16.0. The Morgan fingerprint density at radius 3 is 1.46 bits per heavy atom. The standard InChI is InChI=1S/C19H13ClF5N3O2.C18H13Cl2F2N3O2/c1-28-9-11(16(27-28)17(21)22)18(29)26-13-4-2-3-5-15(13)30-14-7-6-10(8-12(14)20)19(23,24)25;1-25-9-11(16(24-25)17(21)22)18(26)23-13-4-2-3-5-15(13)27-14-7-6-10(19)8-12(14)20/h2-9,17H,1H3,(H,26,29);2-9,17H,1H3,(H,23,26). The molecule has 2 heterocycles. The van der Waals surface area contributed by atoms with E-state index in [0.717, 1.165) is 27.7 Å². The number of carbonyl (C=O) groups is 2. The topological polar surface area (TPSA) is 112 Å². The van der Waals surface area contributed by atoms with E-state index in [1.807, 2.05) is 0 Å². The minimum atomic E-state index is -4.57. The van der Waals surface area contributed by atoms with Crippen LogP contribution < -0.4 is 20.1 Å². The molecule has 20 heteroatoms. The Morgan fingerprint density at radius 2 is 1.05 bits per heavy atom. The summed E-state index contributed by atoms with van der Waals surface area (Å²) in [7, 11) is 2.86. The zero-order valence-corrected chi connectivity index (χ0v) is 31.4. The quantitative estimate of drug-likeness (QED) is 0.133. The maximum atomic E-state index is 13.1. The Morgan fingerprint density at radius 1 is 0.632 bits per heavy atom. The number of aryl methyl sites for hydroxylation is 2. The van der Waals surface area contributed by atoms with E-state index >= 15 is 0 Å². The number of benzene rings is 4. The number of nitrogens with zero attached hydrogens (tertiary/aromatic N) is 4. The predicted octanol–water partition coefficient (Wildman–Crippen LogP) is 11.8. The van der Waals surface area contributed by atoms with Crippen molar-refractivity contribution in [1.29, 1.82) is 0 Å². The van der Waals surface area contributed by atoms with Crippen LogP contribution in [0.2, 0.25) is 15.1 Å². The lowest BCUT2D eigenvalue weighted by Crippen LogP contribution is -2.14. The van der Waals surface area contributed by atoms with E-state index in [0.29, 0.717) is 16.8 Å². The summed E-state index contributed by atoms with van der Waals surface area (Å²) in [6.45, 7) is 0. The van der Waals surface area contributed by atoms with Crippen LogP contribution in [0.25, 0.3) is 0 Å². The van der Waals surface area contributed by atoms with Gasteiger partial charge >= 0.3 is 6.18 Å². The van der Waals surface area contributed by atoms with E-state index in [2.05, 4.69) is 20.8 Å². The zero-order chi connectivity index (χ0) is 41.6. The zero-order valence-electron chi connectivity index (χ0n) is 29.1. The van der Waals surface area contributed by atoms with Gasteiger partial charge in [-0.25, -0.2) is 17.6 Å². The minimum absolute atomic E-state index is 0.0509. The molecule has 0 unspecified atom stereocenters. The van der Waals surface area contributed by atoms with Crippen molar-refractivity contribution < 1.29 is 49.8 Å². The van der Waals surface area contributed by atoms with Crippen LogP contribution in [0.3, 0.4) is 0 Å². The molecular formula is C37H26Cl3F7N6O4. The fourth-order valence-electron chi connectivity index (χ4n) is 4.94. The third kappa shape index (κ3) is 10.8. The molecule has 6 rings (SSSR count). The molecule has 57 heavy (non-hydrogen) atoms. The largest absolute Gasteiger partial charge is 0.454 e. The van der Waals surface area contributed by atoms with Crippen molar-refractivity contribution in [2.24, 2.45) is 14.1 Å². The molecule has 10 nitrogen and oxygen atoms in total. The number of para-hydroxylation sites is 4. The molecule has 2 amide bonds. The number of rotatable bonds is 10. The van der Waals surface area contributed by atoms with Gasteiger partial charge in [0, 0.05) is 31.5 Å². The second-order valence-corrected chi connectivity index (χ2v) is 12.9. The summed E-state index contributed by atoms with van der Waals surface area (Å²) in [5.74, 6) is -0.990. The second-order valence-electron chi connectivity index (χ2n) is 11.6. The van der Waals surface area contributed by atoms with Crippen molar-refractivity contribution in [2.75, 3.05) is 10.6 Å². The number of ether oxygens (including phenoxy) is 2. The molecular weight excluding hydrogens is 832 g/mol. The number of alkyl halides is 7. The third-order valence-electron chi connectivity index (χ3n) is 7.48. The van der Waals surface area contributed by atoms with Gasteiger partial charge in [-0.3, -0.25) is 19.0 Å². The maximum Gasteiger partial charge on any atom is 0.416 e. The molecule has 2 N–H and O–H groups in total. The molecule has 0 aliphatic heterocycles. The van der Waals surface area contributed by atoms with Gasteiger partial charge in [0.1, 0.15) is 22.9 Å². The van der Waals surface area contributed by atoms with Crippen molar-refractivity contribution in [2.45, 2.75) is 19.0 Å². The molecule has 0 aliphatic carbocycles. The van der Waals surface area contributed by atoms with E-state index in [1.165, 1.54) is 38.5 Å². The highest BCUT2D eigenvalue weighted by Crippen LogP contribution is 2.39. The summed E-state index contributed by atoms with van der Waals surface area (Å²) in [6, 6.07) is 19.8. The minimum Gasteiger partial charge on any atom is -0.454 e. The number of amides is 2. The van der Waals surface area contributed by atoms with E-state index < -0.39 is 47.8 Å². The number of aromatic nitrogens is 4. The summed E-state index contributed by atoms with van der Waals surface area (Å²) in [5.41, 5.74) is -2.37. The van der Waals surface area contributed by atoms with Gasteiger partial charge in [0.25, 0.3) is 24.7 Å². The Balaban J connectivity index is 0.000000219. The monoisotopic (exact) mass is 856 g/mol. The maximum absolute atomic E-state index is 13.1. The Hall–Kier alpha value is -5.78. The summed E-state index contributed by atoms with van der Waals surface area (Å²) < 4.78 is 104. The number of hydrogen-bond donors (Lipinski definition) is 2. The predicted molar refractivity (Wildman–Crippen MR) is 198 cm³/mol. The molecule has 0 bridgehead atoms. The first-order chi connectivity index (χ1) is 26.9. The van der Waals surface area contributed by atoms with E-state index in [4.69, 9.17) is 44.3 Å². The molecule has 0 radical (unpaired) electrons. The highest BCUT2D eigenvalue weighted by molar-refractivity contribution is 6.35. The van der Waals surface area contributed by atoms with Gasteiger partial charge in [-0.2, -0.15) is 23.4 Å². The van der Waals surface area contributed by atoms with Crippen molar-refractivity contribution in [3.8, 4) is 23.0 Å². The second kappa shape index (κ2) is 18.0. The molecule has 0 aliphatic rings. The number of nitrogens with one attached hydrogen (secondary N) is 2. The van der Waals surface area contributed by atoms with Crippen LogP contribution in [0.15, 0.2) is 97.3 Å². The Labute approximate surface area is 333 Å². The van der Waals surface area contributed by atoms with Gasteiger partial charge in [-0.05, 0) is 60.7 Å². The summed E-state index contributed by atoms with van der Waals surface area (Å²) in [5, 5.41) is 12.6. The molecule has 0 saturated carbocycles. The molecule has 6 aromatic rings. The summed E-state index contributed by atoms with van der Waals surface area (Å²) >= 11 is 17.9. The van der Waals surface area contributed by atoms with Crippen LogP contribution in [0.1, 0.15) is 50.5 Å². The lowest BCUT2D eigenvalue weighted by atomic mass is 10.2. The van der Waals surface area contributed by atoms with Gasteiger partial charge in [0.05, 0.1) is 38.1 Å². The van der Waals surface area contributed by atoms with Crippen LogP contribution in [0.5, 0.6) is 23.0 Å². The lowest BCUT2D eigenvalue weighted by molar-refractivity contribution is -0.137. The molecule has 2 aromatic heterocycles. The van der Waals surface area contributed by atoms with Crippen molar-refractivity contribution in [3.63, 3.8) is 0 Å². The molecule has 0 fully saturated rings. The van der Waals surface area contributed by atoms with E-state index in [9.17, 15) is 40.3 Å². The SMILES string of the molecule is Cn1cc(C(=O)Nc2ccccc2Oc2ccc(C(F)(F)F)cc2Cl)c(C(F)F)n1.Cn1cc(C(=O)Nc2ccccc2Oc2ccc(Cl)cc2Cl)c(C(F)F)n1. The van der Waals surface area contributed by atoms with Crippen LogP contribution in [-0.2, 0) is 20.3 Å². The van der Waals surface area contributed by atoms with Gasteiger partial charge in [0.15, 0.2) is 11.5 Å². The van der Waals surface area contributed by atoms with E-state index in [-0.39, 0.29) is 49.8 Å². The normalized spacial score (nSPS) is 11.3. The Bertz CT molecular complexity index is 2410. The third-order valence-corrected chi connectivity index (χ3v) is 8.31. The van der Waals surface area contributed by atoms with Crippen molar-refractivity contribution >= 4 is 58.0 Å². The van der Waals surface area contributed by atoms with Crippen molar-refractivity contribution in [1.82, 2.24) is 19.6 Å². The average Bonchev–Trinajstić information content (AvgIpc) is 3.75. The van der Waals surface area contributed by atoms with Gasteiger partial charge in [0.2, 0.25) is 0 Å². The van der Waals surface area contributed by atoms with Gasteiger partial charge in [-0.1, -0.05) is 59.1 Å². The highest BCUT2D eigenvalue weighted by atomic mass is 35.5. The molecule has 298 valence electrons.